The van der Waals surface area contributed by atoms with Crippen molar-refractivity contribution in [2.45, 2.75) is 12.7 Å². The summed E-state index contributed by atoms with van der Waals surface area (Å²) in [4.78, 5) is 13.6. The first-order chi connectivity index (χ1) is 12.7. The second-order valence-corrected chi connectivity index (χ2v) is 6.12. The summed E-state index contributed by atoms with van der Waals surface area (Å²) in [5.41, 5.74) is -0.106. The van der Waals surface area contributed by atoms with Crippen molar-refractivity contribution in [3.05, 3.63) is 47.5 Å². The molecule has 0 atom stereocenters. The molecule has 2 amide bonds. The Balaban J connectivity index is 1.68. The van der Waals surface area contributed by atoms with Gasteiger partial charge in [-0.1, -0.05) is 6.07 Å². The summed E-state index contributed by atoms with van der Waals surface area (Å²) in [6, 6.07) is 8.14. The number of rotatable bonds is 4. The number of ether oxygens (including phenoxy) is 2. The van der Waals surface area contributed by atoms with E-state index in [1.165, 1.54) is 12.1 Å². The Kier molecular flexibility index (Phi) is 5.02. The molecule has 0 saturated heterocycles. The van der Waals surface area contributed by atoms with Crippen molar-refractivity contribution >= 4 is 17.4 Å². The van der Waals surface area contributed by atoms with Gasteiger partial charge in [0.05, 0.1) is 11.3 Å². The lowest BCUT2D eigenvalue weighted by atomic mass is 10.1. The fourth-order valence-corrected chi connectivity index (χ4v) is 2.55. The molecule has 0 fully saturated rings. The lowest BCUT2D eigenvalue weighted by Gasteiger charge is -2.19. The van der Waals surface area contributed by atoms with E-state index in [1.807, 2.05) is 0 Å². The third-order valence-electron chi connectivity index (χ3n) is 3.96. The molecule has 0 unspecified atom stereocenters. The standard InChI is InChI=1S/C18H18F3N3O3/c1-24(2)12-4-5-14(13(8-12)18(19,20)21)23-17(25)22-9-11-3-6-15-16(7-11)27-10-26-15/h3-8H,9-10H2,1-2H3,(H2,22,23,25). The third kappa shape index (κ3) is 4.36. The van der Waals surface area contributed by atoms with Crippen molar-refractivity contribution in [1.82, 2.24) is 5.32 Å². The maximum Gasteiger partial charge on any atom is 0.418 e. The summed E-state index contributed by atoms with van der Waals surface area (Å²) in [6.07, 6.45) is -4.59. The van der Waals surface area contributed by atoms with Crippen LogP contribution < -0.4 is 25.0 Å². The number of hydrogen-bond acceptors (Lipinski definition) is 4. The summed E-state index contributed by atoms with van der Waals surface area (Å²) < 4.78 is 50.4. The molecule has 6 nitrogen and oxygen atoms in total. The van der Waals surface area contributed by atoms with Gasteiger partial charge in [0.2, 0.25) is 6.79 Å². The average Bonchev–Trinajstić information content (AvgIpc) is 3.07. The van der Waals surface area contributed by atoms with E-state index in [0.29, 0.717) is 17.2 Å². The molecule has 144 valence electrons. The number of fused-ring (bicyclic) bond motifs is 1. The molecular formula is C18H18F3N3O3. The molecule has 0 bridgehead atoms. The maximum absolute atomic E-state index is 13.3. The number of carbonyl (C=O) groups is 1. The highest BCUT2D eigenvalue weighted by atomic mass is 19.4. The predicted molar refractivity (Wildman–Crippen MR) is 94.2 cm³/mol. The van der Waals surface area contributed by atoms with Gasteiger partial charge in [-0.05, 0) is 35.9 Å². The molecule has 0 spiro atoms. The number of benzene rings is 2. The Bertz CT molecular complexity index is 853. The zero-order valence-corrected chi connectivity index (χ0v) is 14.7. The fraction of sp³-hybridized carbons (Fsp3) is 0.278. The molecule has 27 heavy (non-hydrogen) atoms. The van der Waals surface area contributed by atoms with Crippen molar-refractivity contribution in [2.24, 2.45) is 0 Å². The third-order valence-corrected chi connectivity index (χ3v) is 3.96. The molecule has 1 aliphatic heterocycles. The number of nitrogens with one attached hydrogen (secondary N) is 2. The molecule has 2 aromatic carbocycles. The zero-order valence-electron chi connectivity index (χ0n) is 14.7. The summed E-state index contributed by atoms with van der Waals surface area (Å²) in [6.45, 7) is 0.259. The molecule has 0 aromatic heterocycles. The number of alkyl halides is 3. The summed E-state index contributed by atoms with van der Waals surface area (Å²) in [7, 11) is 3.28. The molecule has 2 N–H and O–H groups in total. The number of carbonyl (C=O) groups excluding carboxylic acids is 1. The first-order valence-corrected chi connectivity index (χ1v) is 8.06. The van der Waals surface area contributed by atoms with Gasteiger partial charge in [-0.25, -0.2) is 4.79 Å². The molecule has 0 aliphatic carbocycles. The number of hydrogen-bond donors (Lipinski definition) is 2. The Morgan fingerprint density at radius 2 is 1.85 bits per heavy atom. The van der Waals surface area contributed by atoms with E-state index < -0.39 is 17.8 Å². The van der Waals surface area contributed by atoms with Crippen LogP contribution >= 0.6 is 0 Å². The predicted octanol–water partition coefficient (Wildman–Crippen LogP) is 3.82. The van der Waals surface area contributed by atoms with Gasteiger partial charge >= 0.3 is 12.2 Å². The van der Waals surface area contributed by atoms with Crippen LogP contribution in [0.4, 0.5) is 29.3 Å². The second-order valence-electron chi connectivity index (χ2n) is 6.12. The summed E-state index contributed by atoms with van der Waals surface area (Å²) in [5.74, 6) is 1.17. The minimum Gasteiger partial charge on any atom is -0.454 e. The monoisotopic (exact) mass is 381 g/mol. The lowest BCUT2D eigenvalue weighted by Crippen LogP contribution is -2.29. The first-order valence-electron chi connectivity index (χ1n) is 8.06. The Labute approximate surface area is 153 Å². The van der Waals surface area contributed by atoms with Crippen LogP contribution in [0.1, 0.15) is 11.1 Å². The molecule has 0 radical (unpaired) electrons. The zero-order chi connectivity index (χ0) is 19.6. The summed E-state index contributed by atoms with van der Waals surface area (Å²) in [5, 5.41) is 4.79. The quantitative estimate of drug-likeness (QED) is 0.845. The van der Waals surface area contributed by atoms with Crippen LogP contribution in [0.25, 0.3) is 0 Å². The van der Waals surface area contributed by atoms with Gasteiger partial charge in [0.15, 0.2) is 11.5 Å². The highest BCUT2D eigenvalue weighted by molar-refractivity contribution is 5.90. The van der Waals surface area contributed by atoms with Gasteiger partial charge in [-0.2, -0.15) is 13.2 Å². The van der Waals surface area contributed by atoms with Crippen molar-refractivity contribution in [2.75, 3.05) is 31.1 Å². The second kappa shape index (κ2) is 7.26. The fourth-order valence-electron chi connectivity index (χ4n) is 2.55. The van der Waals surface area contributed by atoms with Crippen LogP contribution in [0.2, 0.25) is 0 Å². The van der Waals surface area contributed by atoms with E-state index in [0.717, 1.165) is 11.6 Å². The van der Waals surface area contributed by atoms with Crippen LogP contribution in [-0.2, 0) is 12.7 Å². The Morgan fingerprint density at radius 1 is 1.11 bits per heavy atom. The SMILES string of the molecule is CN(C)c1ccc(NC(=O)NCc2ccc3c(c2)OCO3)c(C(F)(F)F)c1. The largest absolute Gasteiger partial charge is 0.454 e. The maximum atomic E-state index is 13.3. The molecular weight excluding hydrogens is 363 g/mol. The van der Waals surface area contributed by atoms with E-state index in [-0.39, 0.29) is 19.0 Å². The topological polar surface area (TPSA) is 62.8 Å². The smallest absolute Gasteiger partial charge is 0.418 e. The van der Waals surface area contributed by atoms with Gasteiger partial charge in [-0.3, -0.25) is 0 Å². The normalized spacial score (nSPS) is 12.6. The van der Waals surface area contributed by atoms with Crippen molar-refractivity contribution in [1.29, 1.82) is 0 Å². The molecule has 0 saturated carbocycles. The van der Waals surface area contributed by atoms with Crippen LogP contribution in [0.3, 0.4) is 0 Å². The van der Waals surface area contributed by atoms with Crippen LogP contribution in [0.15, 0.2) is 36.4 Å². The average molecular weight is 381 g/mol. The van der Waals surface area contributed by atoms with E-state index >= 15 is 0 Å². The van der Waals surface area contributed by atoms with E-state index in [9.17, 15) is 18.0 Å². The van der Waals surface area contributed by atoms with Crippen LogP contribution in [0, 0.1) is 0 Å². The highest BCUT2D eigenvalue weighted by Gasteiger charge is 2.34. The molecule has 9 heteroatoms. The van der Waals surface area contributed by atoms with Crippen molar-refractivity contribution in [3.8, 4) is 11.5 Å². The Morgan fingerprint density at radius 3 is 2.56 bits per heavy atom. The lowest BCUT2D eigenvalue weighted by molar-refractivity contribution is -0.136. The number of urea groups is 1. The minimum absolute atomic E-state index is 0.125. The van der Waals surface area contributed by atoms with E-state index in [2.05, 4.69) is 10.6 Å². The van der Waals surface area contributed by atoms with Gasteiger partial charge < -0.3 is 25.0 Å². The van der Waals surface area contributed by atoms with Gasteiger partial charge in [0, 0.05) is 26.3 Å². The number of nitrogens with zero attached hydrogens (tertiary/aromatic N) is 1. The molecule has 3 rings (SSSR count). The van der Waals surface area contributed by atoms with Crippen molar-refractivity contribution in [3.63, 3.8) is 0 Å². The van der Waals surface area contributed by atoms with Crippen LogP contribution in [0.5, 0.6) is 11.5 Å². The van der Waals surface area contributed by atoms with E-state index in [4.69, 9.17) is 9.47 Å². The molecule has 1 aliphatic rings. The van der Waals surface area contributed by atoms with E-state index in [1.54, 1.807) is 37.2 Å². The van der Waals surface area contributed by atoms with Crippen molar-refractivity contribution < 1.29 is 27.4 Å². The van der Waals surface area contributed by atoms with Gasteiger partial charge in [0.1, 0.15) is 0 Å². The van der Waals surface area contributed by atoms with Gasteiger partial charge in [0.25, 0.3) is 0 Å². The summed E-state index contributed by atoms with van der Waals surface area (Å²) >= 11 is 0. The highest BCUT2D eigenvalue weighted by Crippen LogP contribution is 2.37. The number of amides is 2. The minimum atomic E-state index is -4.59. The Hall–Kier alpha value is -3.10. The van der Waals surface area contributed by atoms with Gasteiger partial charge in [-0.15, -0.1) is 0 Å². The first kappa shape index (κ1) is 18.7. The number of anilines is 2. The number of halogens is 3. The molecule has 1 heterocycles. The molecule has 2 aromatic rings. The van der Waals surface area contributed by atoms with Crippen LogP contribution in [-0.4, -0.2) is 26.9 Å².